The minimum atomic E-state index is -0.529. The van der Waals surface area contributed by atoms with Gasteiger partial charge in [-0.3, -0.25) is 24.3 Å². The van der Waals surface area contributed by atoms with Crippen molar-refractivity contribution in [2.75, 3.05) is 17.7 Å². The van der Waals surface area contributed by atoms with Crippen molar-refractivity contribution < 1.29 is 14.5 Å². The van der Waals surface area contributed by atoms with Crippen molar-refractivity contribution in [1.29, 1.82) is 0 Å². The first kappa shape index (κ1) is 22.3. The molecule has 1 N–H and O–H groups in total. The normalized spacial score (nSPS) is 15.7. The molecule has 11 heteroatoms. The van der Waals surface area contributed by atoms with E-state index in [0.717, 1.165) is 24.6 Å². The lowest BCUT2D eigenvalue weighted by molar-refractivity contribution is -0.384. The average Bonchev–Trinajstić information content (AvgIpc) is 3.28. The van der Waals surface area contributed by atoms with Crippen LogP contribution in [0.2, 0.25) is 5.02 Å². The number of anilines is 1. The quantitative estimate of drug-likeness (QED) is 0.239. The first-order valence-electron chi connectivity index (χ1n) is 9.89. The van der Waals surface area contributed by atoms with E-state index >= 15 is 0 Å². The van der Waals surface area contributed by atoms with Gasteiger partial charge in [-0.05, 0) is 37.1 Å². The molecular formula is C21H19ClN4O5S. The molecular weight excluding hydrogens is 456 g/mol. The van der Waals surface area contributed by atoms with Gasteiger partial charge < -0.3 is 10.1 Å². The van der Waals surface area contributed by atoms with Gasteiger partial charge in [0.05, 0.1) is 34.2 Å². The van der Waals surface area contributed by atoms with Crippen LogP contribution in [0.25, 0.3) is 10.9 Å². The van der Waals surface area contributed by atoms with E-state index in [9.17, 15) is 19.7 Å². The Balaban J connectivity index is 1.56. The summed E-state index contributed by atoms with van der Waals surface area (Å²) in [4.78, 5) is 40.6. The summed E-state index contributed by atoms with van der Waals surface area (Å²) in [5, 5.41) is 14.8. The highest BCUT2D eigenvalue weighted by molar-refractivity contribution is 7.99. The fourth-order valence-corrected chi connectivity index (χ4v) is 4.44. The number of thioether (sulfide) groups is 1. The van der Waals surface area contributed by atoms with Crippen LogP contribution in [-0.4, -0.2) is 38.8 Å². The van der Waals surface area contributed by atoms with Gasteiger partial charge in [-0.15, -0.1) is 0 Å². The number of nitro benzene ring substituents is 1. The molecule has 1 aliphatic heterocycles. The maximum Gasteiger partial charge on any atom is 0.271 e. The number of halogens is 1. The second-order valence-electron chi connectivity index (χ2n) is 7.25. The Morgan fingerprint density at radius 2 is 2.19 bits per heavy atom. The molecule has 0 bridgehead atoms. The van der Waals surface area contributed by atoms with Crippen molar-refractivity contribution in [3.8, 4) is 0 Å². The van der Waals surface area contributed by atoms with Crippen molar-refractivity contribution in [2.45, 2.75) is 30.6 Å². The fourth-order valence-electron chi connectivity index (χ4n) is 3.46. The summed E-state index contributed by atoms with van der Waals surface area (Å²) in [5.41, 5.74) is 0.435. The summed E-state index contributed by atoms with van der Waals surface area (Å²) >= 11 is 7.18. The maximum absolute atomic E-state index is 13.1. The van der Waals surface area contributed by atoms with Crippen molar-refractivity contribution in [1.82, 2.24) is 9.55 Å². The van der Waals surface area contributed by atoms with Crippen LogP contribution in [-0.2, 0) is 16.1 Å². The number of benzene rings is 2. The first-order valence-corrected chi connectivity index (χ1v) is 11.3. The molecule has 1 aromatic heterocycles. The number of non-ortho nitro benzene ring substituents is 1. The van der Waals surface area contributed by atoms with Gasteiger partial charge >= 0.3 is 0 Å². The number of aromatic nitrogens is 2. The van der Waals surface area contributed by atoms with E-state index in [1.807, 2.05) is 0 Å². The van der Waals surface area contributed by atoms with Gasteiger partial charge in [0.25, 0.3) is 11.2 Å². The molecule has 32 heavy (non-hydrogen) atoms. The van der Waals surface area contributed by atoms with Crippen LogP contribution in [0.5, 0.6) is 0 Å². The Bertz CT molecular complexity index is 1240. The Morgan fingerprint density at radius 1 is 1.34 bits per heavy atom. The molecule has 2 aromatic carbocycles. The molecule has 2 heterocycles. The van der Waals surface area contributed by atoms with Crippen LogP contribution in [0, 0.1) is 10.1 Å². The molecule has 0 unspecified atom stereocenters. The number of hydrogen-bond donors (Lipinski definition) is 1. The molecule has 0 spiro atoms. The van der Waals surface area contributed by atoms with Crippen molar-refractivity contribution >= 4 is 51.5 Å². The number of hydrogen-bond acceptors (Lipinski definition) is 7. The molecule has 1 atom stereocenters. The Kier molecular flexibility index (Phi) is 6.73. The molecule has 1 saturated heterocycles. The molecule has 0 radical (unpaired) electrons. The third-order valence-corrected chi connectivity index (χ3v) is 6.18. The highest BCUT2D eigenvalue weighted by Crippen LogP contribution is 2.23. The lowest BCUT2D eigenvalue weighted by atomic mass is 10.2. The molecule has 0 saturated carbocycles. The molecule has 1 aliphatic rings. The smallest absolute Gasteiger partial charge is 0.271 e. The highest BCUT2D eigenvalue weighted by Gasteiger charge is 2.21. The van der Waals surface area contributed by atoms with Crippen LogP contribution in [0.4, 0.5) is 11.4 Å². The predicted molar refractivity (Wildman–Crippen MR) is 122 cm³/mol. The molecule has 0 aliphatic carbocycles. The van der Waals surface area contributed by atoms with Crippen LogP contribution in [0.15, 0.2) is 52.4 Å². The van der Waals surface area contributed by atoms with E-state index in [2.05, 4.69) is 10.3 Å². The maximum atomic E-state index is 13.1. The number of fused-ring (bicyclic) bond motifs is 1. The number of nitro groups is 1. The van der Waals surface area contributed by atoms with E-state index < -0.39 is 4.92 Å². The molecule has 3 aromatic rings. The van der Waals surface area contributed by atoms with Gasteiger partial charge in [-0.1, -0.05) is 29.4 Å². The zero-order valence-electron chi connectivity index (χ0n) is 16.8. The zero-order valence-corrected chi connectivity index (χ0v) is 18.4. The third kappa shape index (κ3) is 5.09. The summed E-state index contributed by atoms with van der Waals surface area (Å²) in [6.45, 7) is 1.00. The average molecular weight is 475 g/mol. The van der Waals surface area contributed by atoms with E-state index in [0.29, 0.717) is 39.9 Å². The first-order chi connectivity index (χ1) is 15.4. The second kappa shape index (κ2) is 9.68. The summed E-state index contributed by atoms with van der Waals surface area (Å²) in [6, 6.07) is 10.6. The second-order valence-corrected chi connectivity index (χ2v) is 8.63. The van der Waals surface area contributed by atoms with Crippen molar-refractivity contribution in [3.05, 3.63) is 68.0 Å². The van der Waals surface area contributed by atoms with E-state index in [4.69, 9.17) is 16.3 Å². The van der Waals surface area contributed by atoms with Crippen LogP contribution in [0.1, 0.15) is 12.8 Å². The Morgan fingerprint density at radius 3 is 2.94 bits per heavy atom. The van der Waals surface area contributed by atoms with E-state index in [1.54, 1.807) is 24.3 Å². The minimum absolute atomic E-state index is 0.0350. The van der Waals surface area contributed by atoms with Crippen molar-refractivity contribution in [2.24, 2.45) is 0 Å². The number of ether oxygens (including phenoxy) is 1. The summed E-state index contributed by atoms with van der Waals surface area (Å²) < 4.78 is 7.22. The molecule has 1 fully saturated rings. The molecule has 9 nitrogen and oxygen atoms in total. The number of nitrogens with one attached hydrogen (secondary N) is 1. The van der Waals surface area contributed by atoms with Gasteiger partial charge in [0.15, 0.2) is 5.16 Å². The highest BCUT2D eigenvalue weighted by atomic mass is 35.5. The minimum Gasteiger partial charge on any atom is -0.376 e. The largest absolute Gasteiger partial charge is 0.376 e. The lowest BCUT2D eigenvalue weighted by Crippen LogP contribution is -2.29. The zero-order chi connectivity index (χ0) is 22.7. The monoisotopic (exact) mass is 474 g/mol. The fraction of sp³-hybridized carbons (Fsp3) is 0.286. The van der Waals surface area contributed by atoms with Gasteiger partial charge in [-0.25, -0.2) is 4.98 Å². The van der Waals surface area contributed by atoms with Gasteiger partial charge in [0.1, 0.15) is 0 Å². The number of amides is 1. The summed E-state index contributed by atoms with van der Waals surface area (Å²) in [5.74, 6) is -0.410. The van der Waals surface area contributed by atoms with Gasteiger partial charge in [0, 0.05) is 29.4 Å². The van der Waals surface area contributed by atoms with Crippen LogP contribution in [0.3, 0.4) is 0 Å². The molecule has 4 rings (SSSR count). The van der Waals surface area contributed by atoms with Gasteiger partial charge in [-0.2, -0.15) is 0 Å². The lowest BCUT2D eigenvalue weighted by Gasteiger charge is -2.16. The number of rotatable bonds is 7. The van der Waals surface area contributed by atoms with E-state index in [-0.39, 0.29) is 29.0 Å². The standard InChI is InChI=1S/C21H19ClN4O5S/c22-13-6-7-17-18(9-13)24-21(25(20(17)28)11-16-5-2-8-31-16)32-12-19(27)23-14-3-1-4-15(10-14)26(29)30/h1,3-4,6-7,9-10,16H,2,5,8,11-12H2,(H,23,27)/t16-/m1/s1. The topological polar surface area (TPSA) is 116 Å². The van der Waals surface area contributed by atoms with Crippen LogP contribution < -0.4 is 10.9 Å². The number of carbonyl (C=O) groups excluding carboxylic acids is 1. The Hall–Kier alpha value is -2.95. The summed E-state index contributed by atoms with van der Waals surface area (Å²) in [6.07, 6.45) is 1.70. The Labute approximate surface area is 191 Å². The molecule has 1 amide bonds. The number of nitrogens with zero attached hydrogens (tertiary/aromatic N) is 3. The number of carbonyl (C=O) groups is 1. The summed E-state index contributed by atoms with van der Waals surface area (Å²) in [7, 11) is 0. The predicted octanol–water partition coefficient (Wildman–Crippen LogP) is 3.87. The van der Waals surface area contributed by atoms with Crippen molar-refractivity contribution in [3.63, 3.8) is 0 Å². The van der Waals surface area contributed by atoms with Crippen LogP contribution >= 0.6 is 23.4 Å². The SMILES string of the molecule is O=C(CSc1nc2cc(Cl)ccc2c(=O)n1C[C@H]1CCCO1)Nc1cccc([N+](=O)[O-])c1. The molecule has 166 valence electrons. The van der Waals surface area contributed by atoms with E-state index in [1.165, 1.54) is 22.8 Å². The van der Waals surface area contributed by atoms with Gasteiger partial charge in [0.2, 0.25) is 5.91 Å². The third-order valence-electron chi connectivity index (χ3n) is 4.97.